The molecule has 0 aliphatic heterocycles. The lowest BCUT2D eigenvalue weighted by molar-refractivity contribution is 0.481. The van der Waals surface area contributed by atoms with Crippen molar-refractivity contribution in [3.05, 3.63) is 130 Å². The number of fused-ring (bicyclic) bond motifs is 3. The molecule has 0 aliphatic carbocycles. The molecule has 0 unspecified atom stereocenters. The summed E-state index contributed by atoms with van der Waals surface area (Å²) in [7, 11) is 0. The average Bonchev–Trinajstić information content (AvgIpc) is 3.59. The zero-order chi connectivity index (χ0) is 38.7. The molecule has 278 valence electrons. The number of aryl methyl sites for hydroxylation is 3. The van der Waals surface area contributed by atoms with Crippen molar-refractivity contribution in [2.45, 2.75) is 113 Å². The maximum Gasteiger partial charge on any atom is 0.137 e. The van der Waals surface area contributed by atoms with Crippen LogP contribution in [0.4, 0.5) is 0 Å². The van der Waals surface area contributed by atoms with Crippen LogP contribution in [0.1, 0.15) is 114 Å². The molecule has 0 radical (unpaired) electrons. The van der Waals surface area contributed by atoms with Gasteiger partial charge in [-0.2, -0.15) is 5.10 Å². The molecule has 0 aliphatic rings. The smallest absolute Gasteiger partial charge is 0.137 e. The van der Waals surface area contributed by atoms with Gasteiger partial charge < -0.3 is 4.74 Å². The van der Waals surface area contributed by atoms with Crippen molar-refractivity contribution in [3.8, 4) is 34.1 Å². The van der Waals surface area contributed by atoms with Crippen LogP contribution >= 0.6 is 0 Å². The van der Waals surface area contributed by atoms with Crippen LogP contribution in [0.3, 0.4) is 0 Å². The molecule has 0 N–H and O–H groups in total. The number of benzene rings is 4. The van der Waals surface area contributed by atoms with Crippen LogP contribution in [0.5, 0.6) is 11.5 Å². The number of ether oxygens (including phenoxy) is 1. The number of pyridine rings is 1. The van der Waals surface area contributed by atoms with Crippen molar-refractivity contribution in [1.29, 1.82) is 0 Å². The van der Waals surface area contributed by atoms with Crippen molar-refractivity contribution in [1.82, 2.24) is 19.3 Å². The van der Waals surface area contributed by atoms with Crippen LogP contribution in [0.2, 0.25) is 0 Å². The summed E-state index contributed by atoms with van der Waals surface area (Å²) >= 11 is 0. The van der Waals surface area contributed by atoms with Crippen LogP contribution in [0.15, 0.2) is 91.1 Å². The minimum atomic E-state index is -0.0396. The molecule has 3 aromatic heterocycles. The Bertz CT molecular complexity index is 2480. The summed E-state index contributed by atoms with van der Waals surface area (Å²) in [5.74, 6) is 2.79. The van der Waals surface area contributed by atoms with Gasteiger partial charge in [-0.3, -0.25) is 4.57 Å². The van der Waals surface area contributed by atoms with E-state index in [1.54, 1.807) is 0 Å². The molecule has 3 heterocycles. The van der Waals surface area contributed by atoms with Gasteiger partial charge in [0.1, 0.15) is 17.3 Å². The van der Waals surface area contributed by atoms with Gasteiger partial charge >= 0.3 is 0 Å². The molecule has 0 bridgehead atoms. The summed E-state index contributed by atoms with van der Waals surface area (Å²) in [6.07, 6.45) is 4.04. The Morgan fingerprint density at radius 1 is 0.704 bits per heavy atom. The van der Waals surface area contributed by atoms with Crippen LogP contribution in [-0.4, -0.2) is 19.3 Å². The first-order valence-electron chi connectivity index (χ1n) is 19.6. The van der Waals surface area contributed by atoms with Gasteiger partial charge in [-0.25, -0.2) is 9.67 Å². The molecule has 0 atom stereocenters. The molecule has 0 amide bonds. The SMILES string of the molecule is CCCc1ccnc(-n2c3ccccc3c3ccc(Oc4cc(C(C)C)cc(-n5nc(C)c(-c6c(C(C)(C)C)cc(C)cc6C(C)(C)C)c5C)c4)cc32)c1. The molecule has 0 saturated heterocycles. The molecular weight excluding hydrogens is 661 g/mol. The Morgan fingerprint density at radius 3 is 2.06 bits per heavy atom. The van der Waals surface area contributed by atoms with Gasteiger partial charge in [0.15, 0.2) is 0 Å². The summed E-state index contributed by atoms with van der Waals surface area (Å²) in [4.78, 5) is 4.85. The van der Waals surface area contributed by atoms with E-state index in [0.29, 0.717) is 5.92 Å². The van der Waals surface area contributed by atoms with Gasteiger partial charge in [0, 0.05) is 40.4 Å². The maximum atomic E-state index is 6.82. The Labute approximate surface area is 322 Å². The lowest BCUT2D eigenvalue weighted by atomic mass is 9.73. The van der Waals surface area contributed by atoms with Crippen molar-refractivity contribution in [2.24, 2.45) is 0 Å². The maximum absolute atomic E-state index is 6.82. The van der Waals surface area contributed by atoms with E-state index in [1.807, 2.05) is 6.20 Å². The summed E-state index contributed by atoms with van der Waals surface area (Å²) in [6.45, 7) is 27.2. The van der Waals surface area contributed by atoms with Gasteiger partial charge in [0.05, 0.1) is 22.4 Å². The second kappa shape index (κ2) is 13.9. The molecule has 0 saturated carbocycles. The summed E-state index contributed by atoms with van der Waals surface area (Å²) in [6, 6.07) is 30.7. The minimum absolute atomic E-state index is 0.0396. The van der Waals surface area contributed by atoms with Crippen LogP contribution in [-0.2, 0) is 17.3 Å². The van der Waals surface area contributed by atoms with Gasteiger partial charge in [-0.15, -0.1) is 0 Å². The molecule has 4 aromatic carbocycles. The number of rotatable bonds is 8. The first kappa shape index (κ1) is 37.2. The fraction of sp³-hybridized carbons (Fsp3) is 0.347. The predicted octanol–water partition coefficient (Wildman–Crippen LogP) is 13.4. The first-order valence-corrected chi connectivity index (χ1v) is 19.6. The standard InChI is InChI=1S/C49H56N4O/c1-13-16-34-21-22-50-45(25-34)52-43-18-15-14-17-39(43)40-20-19-37(29-44(40)52)54-38-27-35(30(2)3)26-36(28-38)53-33(6)46(32(5)51-53)47-41(48(7,8)9)23-31(4)24-42(47)49(10,11)12/h14-15,17-30H,13,16H2,1-12H3. The fourth-order valence-electron chi connectivity index (χ4n) is 8.04. The van der Waals surface area contributed by atoms with E-state index >= 15 is 0 Å². The highest BCUT2D eigenvalue weighted by molar-refractivity contribution is 6.09. The summed E-state index contributed by atoms with van der Waals surface area (Å²) < 4.78 is 11.2. The number of aromatic nitrogens is 4. The van der Waals surface area contributed by atoms with Crippen molar-refractivity contribution in [2.75, 3.05) is 0 Å². The zero-order valence-corrected chi connectivity index (χ0v) is 34.3. The zero-order valence-electron chi connectivity index (χ0n) is 34.3. The molecule has 54 heavy (non-hydrogen) atoms. The van der Waals surface area contributed by atoms with Gasteiger partial charge in [0.25, 0.3) is 0 Å². The highest BCUT2D eigenvalue weighted by Crippen LogP contribution is 2.44. The van der Waals surface area contributed by atoms with Crippen molar-refractivity contribution in [3.63, 3.8) is 0 Å². The second-order valence-corrected chi connectivity index (χ2v) is 17.5. The van der Waals surface area contributed by atoms with Crippen molar-refractivity contribution < 1.29 is 4.74 Å². The second-order valence-electron chi connectivity index (χ2n) is 17.5. The van der Waals surface area contributed by atoms with E-state index in [2.05, 4.69) is 177 Å². The summed E-state index contributed by atoms with van der Waals surface area (Å²) in [5, 5.41) is 7.63. The van der Waals surface area contributed by atoms with Crippen LogP contribution in [0.25, 0.3) is 44.4 Å². The third-order valence-electron chi connectivity index (χ3n) is 10.7. The van der Waals surface area contributed by atoms with E-state index in [0.717, 1.165) is 58.3 Å². The molecule has 0 fully saturated rings. The highest BCUT2D eigenvalue weighted by atomic mass is 16.5. The van der Waals surface area contributed by atoms with Gasteiger partial charge in [-0.1, -0.05) is 105 Å². The lowest BCUT2D eigenvalue weighted by Crippen LogP contribution is -2.20. The normalized spacial score (nSPS) is 12.4. The quantitative estimate of drug-likeness (QED) is 0.157. The first-order chi connectivity index (χ1) is 25.5. The monoisotopic (exact) mass is 716 g/mol. The van der Waals surface area contributed by atoms with Gasteiger partial charge in [0.2, 0.25) is 0 Å². The number of hydrogen-bond donors (Lipinski definition) is 0. The lowest BCUT2D eigenvalue weighted by Gasteiger charge is -2.31. The number of nitrogens with zero attached hydrogens (tertiary/aromatic N) is 4. The Hall–Kier alpha value is -5.16. The van der Waals surface area contributed by atoms with Crippen LogP contribution in [0, 0.1) is 20.8 Å². The fourth-order valence-corrected chi connectivity index (χ4v) is 8.04. The Kier molecular flexibility index (Phi) is 9.58. The minimum Gasteiger partial charge on any atom is -0.457 e. The van der Waals surface area contributed by atoms with Crippen molar-refractivity contribution >= 4 is 21.8 Å². The van der Waals surface area contributed by atoms with Crippen LogP contribution < -0.4 is 4.74 Å². The molecule has 7 aromatic rings. The largest absolute Gasteiger partial charge is 0.457 e. The molecule has 7 rings (SSSR count). The Balaban J connectivity index is 1.36. The third kappa shape index (κ3) is 6.85. The van der Waals surface area contributed by atoms with E-state index in [9.17, 15) is 0 Å². The number of para-hydroxylation sites is 1. The van der Waals surface area contributed by atoms with E-state index < -0.39 is 0 Å². The van der Waals surface area contributed by atoms with E-state index in [-0.39, 0.29) is 10.8 Å². The van der Waals surface area contributed by atoms with E-state index in [4.69, 9.17) is 14.8 Å². The Morgan fingerprint density at radius 2 is 1.39 bits per heavy atom. The molecule has 0 spiro atoms. The average molecular weight is 717 g/mol. The highest BCUT2D eigenvalue weighted by Gasteiger charge is 2.30. The van der Waals surface area contributed by atoms with Gasteiger partial charge in [-0.05, 0) is 114 Å². The molecular formula is C49H56N4O. The van der Waals surface area contributed by atoms with E-state index in [1.165, 1.54) is 49.7 Å². The topological polar surface area (TPSA) is 44.9 Å². The number of hydrogen-bond acceptors (Lipinski definition) is 3. The summed E-state index contributed by atoms with van der Waals surface area (Å²) in [5.41, 5.74) is 14.3. The molecule has 5 nitrogen and oxygen atoms in total. The molecule has 5 heteroatoms. The third-order valence-corrected chi connectivity index (χ3v) is 10.7. The predicted molar refractivity (Wildman–Crippen MR) is 227 cm³/mol.